The summed E-state index contributed by atoms with van der Waals surface area (Å²) in [5, 5.41) is 23.8. The van der Waals surface area contributed by atoms with Gasteiger partial charge in [-0.1, -0.05) is 42.1 Å². The van der Waals surface area contributed by atoms with Gasteiger partial charge in [0.15, 0.2) is 0 Å². The molecule has 33 heavy (non-hydrogen) atoms. The van der Waals surface area contributed by atoms with Crippen molar-refractivity contribution in [2.24, 2.45) is 12.5 Å². The van der Waals surface area contributed by atoms with Crippen LogP contribution in [-0.4, -0.2) is 83.9 Å². The number of carbonyl (C=O) groups excluding carboxylic acids is 3. The second kappa shape index (κ2) is 9.39. The number of thioether (sulfide) groups is 2. The number of fused-ring (bicyclic) bond motifs is 1. The van der Waals surface area contributed by atoms with E-state index in [-0.39, 0.29) is 30.4 Å². The summed E-state index contributed by atoms with van der Waals surface area (Å²) < 4.78 is 6.40. The molecule has 0 saturated carbocycles. The van der Waals surface area contributed by atoms with Gasteiger partial charge in [0, 0.05) is 30.7 Å². The zero-order chi connectivity index (χ0) is 23.6. The third-order valence-electron chi connectivity index (χ3n) is 5.49. The summed E-state index contributed by atoms with van der Waals surface area (Å²) in [7, 11) is 1.66. The van der Waals surface area contributed by atoms with E-state index in [1.807, 2.05) is 0 Å². The number of carbonyl (C=O) groups is 4. The van der Waals surface area contributed by atoms with Gasteiger partial charge in [-0.3, -0.25) is 19.2 Å². The van der Waals surface area contributed by atoms with Crippen LogP contribution in [0.1, 0.15) is 11.7 Å². The average molecular weight is 493 g/mol. The second-order valence-electron chi connectivity index (χ2n) is 7.64. The molecule has 2 amide bonds. The summed E-state index contributed by atoms with van der Waals surface area (Å²) in [5.74, 6) is -1.59. The first-order valence-electron chi connectivity index (χ1n) is 9.81. The van der Waals surface area contributed by atoms with Crippen molar-refractivity contribution in [1.82, 2.24) is 30.4 Å². The van der Waals surface area contributed by atoms with Crippen molar-refractivity contribution in [1.29, 1.82) is 0 Å². The lowest BCUT2D eigenvalue weighted by molar-refractivity contribution is -0.159. The van der Waals surface area contributed by atoms with Gasteiger partial charge in [-0.05, 0) is 10.4 Å². The van der Waals surface area contributed by atoms with Crippen LogP contribution in [0.25, 0.3) is 0 Å². The van der Waals surface area contributed by atoms with E-state index in [1.165, 1.54) is 33.1 Å². The lowest BCUT2D eigenvalue weighted by Gasteiger charge is -2.53. The molecule has 0 aliphatic carbocycles. The molecule has 2 aliphatic rings. The minimum absolute atomic E-state index is 0.0104. The zero-order valence-corrected chi connectivity index (χ0v) is 19.0. The van der Waals surface area contributed by atoms with Gasteiger partial charge >= 0.3 is 5.97 Å². The van der Waals surface area contributed by atoms with E-state index in [0.29, 0.717) is 10.7 Å². The van der Waals surface area contributed by atoms with Crippen LogP contribution in [0.5, 0.6) is 0 Å². The summed E-state index contributed by atoms with van der Waals surface area (Å²) >= 11 is 2.50. The third kappa shape index (κ3) is 4.39. The summed E-state index contributed by atoms with van der Waals surface area (Å²) in [6.07, 6.45) is -1.19. The Hall–Kier alpha value is -3.13. The van der Waals surface area contributed by atoms with Gasteiger partial charge in [0.05, 0.1) is 0 Å². The van der Waals surface area contributed by atoms with Gasteiger partial charge in [-0.2, -0.15) is 0 Å². The van der Waals surface area contributed by atoms with E-state index in [2.05, 4.69) is 20.8 Å². The Morgan fingerprint density at radius 3 is 2.82 bits per heavy atom. The number of tetrazole rings is 1. The summed E-state index contributed by atoms with van der Waals surface area (Å²) in [5.41, 5.74) is -0.711. The number of aromatic nitrogens is 4. The number of hydrogen-bond acceptors (Lipinski definition) is 10. The molecule has 1 aromatic heterocycles. The number of nitrogens with zero attached hydrogens (tertiary/aromatic N) is 5. The number of nitrogens with one attached hydrogen (secondary N) is 1. The smallest absolute Gasteiger partial charge is 0.313 e. The van der Waals surface area contributed by atoms with Crippen molar-refractivity contribution < 1.29 is 29.0 Å². The minimum atomic E-state index is -1.19. The Balaban J connectivity index is 1.42. The van der Waals surface area contributed by atoms with Crippen LogP contribution in [0.15, 0.2) is 35.5 Å². The molecule has 0 spiro atoms. The molecule has 14 heteroatoms. The Labute approximate surface area is 196 Å². The number of carboxylic acids is 1. The molecular formula is C19H20N6O6S2. The summed E-state index contributed by atoms with van der Waals surface area (Å²) in [6.45, 7) is 0.198. The lowest BCUT2D eigenvalue weighted by Crippen LogP contribution is -2.74. The molecule has 2 aliphatic heterocycles. The Morgan fingerprint density at radius 2 is 2.18 bits per heavy atom. The second-order valence-corrected chi connectivity index (χ2v) is 9.68. The molecule has 174 valence electrons. The SMILES string of the molecule is Cn1nnnc1SCC1(C(=O)O)CS[C@@H]2C(NC(=O)C(OC=O)c3ccccc3)C(=O)N2C1. The Morgan fingerprint density at radius 1 is 1.42 bits per heavy atom. The summed E-state index contributed by atoms with van der Waals surface area (Å²) in [4.78, 5) is 50.1. The number of β-lactam (4-membered cyclic amide) rings is 1. The van der Waals surface area contributed by atoms with Crippen LogP contribution in [0.4, 0.5) is 0 Å². The lowest BCUT2D eigenvalue weighted by atomic mass is 9.89. The Kier molecular flexibility index (Phi) is 6.56. The molecule has 3 heterocycles. The maximum atomic E-state index is 12.8. The molecule has 2 saturated heterocycles. The number of rotatable bonds is 9. The minimum Gasteiger partial charge on any atom is -0.481 e. The normalized spacial score (nSPS) is 24.9. The zero-order valence-electron chi connectivity index (χ0n) is 17.4. The van der Waals surface area contributed by atoms with Crippen LogP contribution >= 0.6 is 23.5 Å². The fourth-order valence-electron chi connectivity index (χ4n) is 3.66. The molecule has 2 aromatic rings. The van der Waals surface area contributed by atoms with E-state index in [0.717, 1.165) is 0 Å². The first-order chi connectivity index (χ1) is 15.9. The van der Waals surface area contributed by atoms with Gasteiger partial charge in [0.1, 0.15) is 16.8 Å². The monoisotopic (exact) mass is 492 g/mol. The highest BCUT2D eigenvalue weighted by molar-refractivity contribution is 8.00. The van der Waals surface area contributed by atoms with Crippen molar-refractivity contribution in [3.63, 3.8) is 0 Å². The van der Waals surface area contributed by atoms with Crippen molar-refractivity contribution in [3.8, 4) is 0 Å². The highest BCUT2D eigenvalue weighted by Gasteiger charge is 2.57. The highest BCUT2D eigenvalue weighted by atomic mass is 32.2. The van der Waals surface area contributed by atoms with Crippen molar-refractivity contribution >= 4 is 47.8 Å². The van der Waals surface area contributed by atoms with Gasteiger partial charge in [0.25, 0.3) is 12.4 Å². The van der Waals surface area contributed by atoms with Crippen LogP contribution in [0.2, 0.25) is 0 Å². The number of aliphatic carboxylic acids is 1. The molecule has 1 aromatic carbocycles. The molecule has 2 fully saturated rings. The number of ether oxygens (including phenoxy) is 1. The topological polar surface area (TPSA) is 157 Å². The van der Waals surface area contributed by atoms with Gasteiger partial charge in [0.2, 0.25) is 17.2 Å². The van der Waals surface area contributed by atoms with E-state index in [1.54, 1.807) is 37.4 Å². The molecule has 4 rings (SSSR count). The Bertz CT molecular complexity index is 1070. The van der Waals surface area contributed by atoms with Gasteiger partial charge < -0.3 is 20.1 Å². The summed E-state index contributed by atoms with van der Waals surface area (Å²) in [6, 6.07) is 7.63. The van der Waals surface area contributed by atoms with E-state index in [4.69, 9.17) is 4.74 Å². The average Bonchev–Trinajstić information content (AvgIpc) is 3.24. The quantitative estimate of drug-likeness (QED) is 0.269. The molecule has 3 unspecified atom stereocenters. The van der Waals surface area contributed by atoms with Gasteiger partial charge in [-0.25, -0.2) is 4.68 Å². The number of amides is 2. The van der Waals surface area contributed by atoms with Crippen LogP contribution in [-0.2, 0) is 31.0 Å². The third-order valence-corrected chi connectivity index (χ3v) is 8.38. The van der Waals surface area contributed by atoms with E-state index in [9.17, 15) is 24.3 Å². The molecule has 0 radical (unpaired) electrons. The number of carboxylic acid groups (broad SMARTS) is 1. The van der Waals surface area contributed by atoms with Crippen LogP contribution in [0.3, 0.4) is 0 Å². The standard InChI is InChI=1S/C19H20N6O6S2/c1-24-18(21-22-23-24)33-9-19(17(29)30)7-25-15(28)12(16(25)32-8-19)20-14(27)13(31-10-26)11-5-3-2-4-6-11/h2-6,10,12-13,16H,7-9H2,1H3,(H,20,27)(H,29,30)/t12?,13?,16-,19?/m1/s1. The molecule has 12 nitrogen and oxygen atoms in total. The van der Waals surface area contributed by atoms with Crippen molar-refractivity contribution in [2.75, 3.05) is 18.1 Å². The first-order valence-corrected chi connectivity index (χ1v) is 11.8. The maximum absolute atomic E-state index is 12.8. The van der Waals surface area contributed by atoms with Crippen LogP contribution < -0.4 is 5.32 Å². The molecular weight excluding hydrogens is 472 g/mol. The van der Waals surface area contributed by atoms with Crippen LogP contribution in [0, 0.1) is 5.41 Å². The highest BCUT2D eigenvalue weighted by Crippen LogP contribution is 2.44. The number of hydrogen-bond donors (Lipinski definition) is 2. The van der Waals surface area contributed by atoms with Gasteiger partial charge in [-0.15, -0.1) is 16.9 Å². The molecule has 2 N–H and O–H groups in total. The number of benzene rings is 1. The maximum Gasteiger partial charge on any atom is 0.313 e. The number of aryl methyl sites for hydroxylation is 1. The largest absolute Gasteiger partial charge is 0.481 e. The van der Waals surface area contributed by atoms with E-state index < -0.39 is 34.8 Å². The molecule has 0 bridgehead atoms. The van der Waals surface area contributed by atoms with E-state index >= 15 is 0 Å². The fraction of sp³-hybridized carbons (Fsp3) is 0.421. The van der Waals surface area contributed by atoms with Crippen molar-refractivity contribution in [2.45, 2.75) is 22.7 Å². The molecule has 4 atom stereocenters. The predicted octanol–water partition coefficient (Wildman–Crippen LogP) is -0.313. The van der Waals surface area contributed by atoms with Crippen molar-refractivity contribution in [3.05, 3.63) is 35.9 Å². The fourth-order valence-corrected chi connectivity index (χ4v) is 6.37. The first kappa shape index (κ1) is 23.0. The predicted molar refractivity (Wildman–Crippen MR) is 116 cm³/mol.